The van der Waals surface area contributed by atoms with Crippen molar-refractivity contribution >= 4 is 52.2 Å². The Morgan fingerprint density at radius 3 is 2.41 bits per heavy atom. The third-order valence-electron chi connectivity index (χ3n) is 6.80. The fourth-order valence-electron chi connectivity index (χ4n) is 5.06. The Morgan fingerprint density at radius 2 is 1.73 bits per heavy atom. The number of phenolic OH excluding ortho intramolecular Hbond substituents is 1. The van der Waals surface area contributed by atoms with Crippen molar-refractivity contribution in [2.45, 2.75) is 28.9 Å². The number of carbonyl (C=O) groups excluding carboxylic acids is 3. The number of para-hydroxylation sites is 1. The summed E-state index contributed by atoms with van der Waals surface area (Å²) in [5, 5.41) is 11.2. The van der Waals surface area contributed by atoms with Crippen molar-refractivity contribution in [3.8, 4) is 5.75 Å². The lowest BCUT2D eigenvalue weighted by molar-refractivity contribution is -0.137. The van der Waals surface area contributed by atoms with Crippen LogP contribution in [0, 0.1) is 5.92 Å². The van der Waals surface area contributed by atoms with Crippen LogP contribution in [-0.4, -0.2) is 32.6 Å². The maximum atomic E-state index is 13.8. The van der Waals surface area contributed by atoms with E-state index in [0.29, 0.717) is 15.5 Å². The first-order valence-electron chi connectivity index (χ1n) is 12.1. The first-order chi connectivity index (χ1) is 19.5. The van der Waals surface area contributed by atoms with Gasteiger partial charge in [-0.25, -0.2) is 4.90 Å². The maximum absolute atomic E-state index is 13.8. The van der Waals surface area contributed by atoms with Crippen LogP contribution in [0.2, 0.25) is 0 Å². The van der Waals surface area contributed by atoms with Crippen LogP contribution in [0.15, 0.2) is 81.2 Å². The molecular weight excluding hydrogens is 583 g/mol. The molecule has 2 aromatic heterocycles. The van der Waals surface area contributed by atoms with Crippen LogP contribution in [-0.2, 0) is 27.1 Å². The standard InChI is InChI=1S/C27H18F3N3O6S2/c28-27(29,30)15-4-1-2-5-16(15)33-23(36)20-19(17-6-3-11-39-17)22-25(40-21(20)24(33)37)32(26(38)41-22)12-18(35)31-13-7-9-14(34)10-8-13/h1-11,19-21,34H,12H2,(H,31,35). The molecule has 0 spiro atoms. The van der Waals surface area contributed by atoms with Crippen LogP contribution in [0.25, 0.3) is 0 Å². The quantitative estimate of drug-likeness (QED) is 0.252. The molecule has 2 aliphatic rings. The fraction of sp³-hybridized carbons (Fsp3) is 0.185. The molecule has 1 saturated heterocycles. The molecule has 1 fully saturated rings. The first-order valence-corrected chi connectivity index (χ1v) is 13.8. The van der Waals surface area contributed by atoms with Gasteiger partial charge in [-0.2, -0.15) is 13.2 Å². The highest BCUT2D eigenvalue weighted by Crippen LogP contribution is 2.54. The number of fused-ring (bicyclic) bond motifs is 2. The zero-order chi connectivity index (χ0) is 29.1. The maximum Gasteiger partial charge on any atom is 0.418 e. The molecule has 4 aromatic rings. The predicted molar refractivity (Wildman–Crippen MR) is 143 cm³/mol. The molecule has 4 heterocycles. The van der Waals surface area contributed by atoms with E-state index in [4.69, 9.17) is 4.42 Å². The number of amides is 3. The molecule has 0 aliphatic carbocycles. The number of furan rings is 1. The van der Waals surface area contributed by atoms with Gasteiger partial charge in [0.2, 0.25) is 17.7 Å². The molecule has 2 N–H and O–H groups in total. The summed E-state index contributed by atoms with van der Waals surface area (Å²) in [6.07, 6.45) is -3.46. The molecule has 0 radical (unpaired) electrons. The van der Waals surface area contributed by atoms with E-state index in [1.54, 1.807) is 12.1 Å². The third-order valence-corrected chi connectivity index (χ3v) is 9.41. The summed E-state index contributed by atoms with van der Waals surface area (Å²) in [7, 11) is 0. The lowest BCUT2D eigenvalue weighted by atomic mass is 9.86. The number of hydrogen-bond donors (Lipinski definition) is 2. The molecule has 14 heteroatoms. The monoisotopic (exact) mass is 601 g/mol. The zero-order valence-corrected chi connectivity index (χ0v) is 22.3. The van der Waals surface area contributed by atoms with Gasteiger partial charge in [0.25, 0.3) is 0 Å². The number of halogens is 3. The Morgan fingerprint density at radius 1 is 1.00 bits per heavy atom. The molecule has 2 aliphatic heterocycles. The number of nitrogens with one attached hydrogen (secondary N) is 1. The summed E-state index contributed by atoms with van der Waals surface area (Å²) in [4.78, 5) is 53.8. The number of alkyl halides is 3. The number of phenols is 1. The highest BCUT2D eigenvalue weighted by atomic mass is 32.2. The summed E-state index contributed by atoms with van der Waals surface area (Å²) in [5.74, 6) is -4.09. The van der Waals surface area contributed by atoms with Gasteiger partial charge in [0.15, 0.2) is 0 Å². The number of nitrogens with zero attached hydrogens (tertiary/aromatic N) is 2. The molecule has 6 rings (SSSR count). The zero-order valence-electron chi connectivity index (χ0n) is 20.6. The van der Waals surface area contributed by atoms with Crippen molar-refractivity contribution in [3.05, 3.63) is 92.8 Å². The summed E-state index contributed by atoms with van der Waals surface area (Å²) in [6.45, 7) is -0.427. The number of thiazole rings is 1. The SMILES string of the molecule is O=C(Cn1c2c(sc1=O)C(c1ccco1)C1C(=O)N(c3ccccc3C(F)(F)F)C(=O)C1S2)Nc1ccc(O)cc1. The molecule has 3 unspecified atom stereocenters. The molecule has 210 valence electrons. The number of hydrogen-bond acceptors (Lipinski definition) is 8. The molecule has 3 amide bonds. The summed E-state index contributed by atoms with van der Waals surface area (Å²) < 4.78 is 48.3. The fourth-order valence-corrected chi connectivity index (χ4v) is 7.82. The topological polar surface area (TPSA) is 122 Å². The van der Waals surface area contributed by atoms with E-state index >= 15 is 0 Å². The van der Waals surface area contributed by atoms with Crippen LogP contribution < -0.4 is 15.1 Å². The van der Waals surface area contributed by atoms with E-state index in [-0.39, 0.29) is 16.5 Å². The lowest BCUT2D eigenvalue weighted by Crippen LogP contribution is -2.33. The van der Waals surface area contributed by atoms with E-state index in [0.717, 1.165) is 35.2 Å². The van der Waals surface area contributed by atoms with Crippen molar-refractivity contribution < 1.29 is 37.1 Å². The highest BCUT2D eigenvalue weighted by Gasteiger charge is 2.58. The molecule has 2 aromatic carbocycles. The summed E-state index contributed by atoms with van der Waals surface area (Å²) >= 11 is 1.66. The third kappa shape index (κ3) is 4.62. The van der Waals surface area contributed by atoms with Crippen LogP contribution in [0.1, 0.15) is 22.1 Å². The molecule has 41 heavy (non-hydrogen) atoms. The van der Waals surface area contributed by atoms with Crippen molar-refractivity contribution in [1.82, 2.24) is 4.57 Å². The van der Waals surface area contributed by atoms with Gasteiger partial charge < -0.3 is 14.8 Å². The number of benzene rings is 2. The van der Waals surface area contributed by atoms with Gasteiger partial charge in [0.05, 0.1) is 39.3 Å². The number of anilines is 2. The van der Waals surface area contributed by atoms with E-state index in [1.807, 2.05) is 0 Å². The van der Waals surface area contributed by atoms with E-state index in [9.17, 15) is 37.5 Å². The minimum Gasteiger partial charge on any atom is -0.508 e. The van der Waals surface area contributed by atoms with Gasteiger partial charge in [-0.1, -0.05) is 35.2 Å². The predicted octanol–water partition coefficient (Wildman–Crippen LogP) is 4.66. The van der Waals surface area contributed by atoms with Crippen LogP contribution in [0.5, 0.6) is 5.75 Å². The van der Waals surface area contributed by atoms with Gasteiger partial charge >= 0.3 is 11.0 Å². The van der Waals surface area contributed by atoms with Crippen molar-refractivity contribution in [2.75, 3.05) is 10.2 Å². The number of thioether (sulfide) groups is 1. The average molecular weight is 602 g/mol. The van der Waals surface area contributed by atoms with Crippen LogP contribution >= 0.6 is 23.1 Å². The van der Waals surface area contributed by atoms with E-state index < -0.39 is 63.7 Å². The van der Waals surface area contributed by atoms with E-state index in [1.165, 1.54) is 47.2 Å². The normalized spacial score (nSPS) is 20.2. The van der Waals surface area contributed by atoms with E-state index in [2.05, 4.69) is 5.32 Å². The summed E-state index contributed by atoms with van der Waals surface area (Å²) in [5.41, 5.74) is -1.32. The number of aromatic nitrogens is 1. The average Bonchev–Trinajstić information content (AvgIpc) is 3.62. The van der Waals surface area contributed by atoms with Gasteiger partial charge in [-0.05, 0) is 48.5 Å². The second-order valence-electron chi connectivity index (χ2n) is 9.30. The van der Waals surface area contributed by atoms with Crippen molar-refractivity contribution in [3.63, 3.8) is 0 Å². The molecule has 9 nitrogen and oxygen atoms in total. The van der Waals surface area contributed by atoms with Gasteiger partial charge in [0, 0.05) is 5.69 Å². The van der Waals surface area contributed by atoms with Gasteiger partial charge in [-0.15, -0.1) is 0 Å². The first kappa shape index (κ1) is 26.9. The Labute approximate surface area is 237 Å². The Kier molecular flexibility index (Phi) is 6.53. The van der Waals surface area contributed by atoms with Gasteiger partial charge in [-0.3, -0.25) is 23.7 Å². The van der Waals surface area contributed by atoms with Crippen LogP contribution in [0.4, 0.5) is 24.5 Å². The number of aromatic hydroxyl groups is 1. The largest absolute Gasteiger partial charge is 0.508 e. The Balaban J connectivity index is 1.40. The second kappa shape index (κ2) is 9.96. The molecule has 3 atom stereocenters. The van der Waals surface area contributed by atoms with Crippen LogP contribution in [0.3, 0.4) is 0 Å². The smallest absolute Gasteiger partial charge is 0.418 e. The minimum absolute atomic E-state index is 0.00345. The number of imide groups is 1. The highest BCUT2D eigenvalue weighted by molar-refractivity contribution is 8.00. The lowest BCUT2D eigenvalue weighted by Gasteiger charge is -2.29. The molecule has 0 bridgehead atoms. The van der Waals surface area contributed by atoms with Gasteiger partial charge in [0.1, 0.15) is 23.3 Å². The van der Waals surface area contributed by atoms with Crippen molar-refractivity contribution in [1.29, 1.82) is 0 Å². The number of rotatable bonds is 5. The Hall–Kier alpha value is -4.30. The second-order valence-corrected chi connectivity index (χ2v) is 11.4. The molecular formula is C27H18F3N3O6S2. The molecule has 0 saturated carbocycles. The summed E-state index contributed by atoms with van der Waals surface area (Å²) in [6, 6.07) is 13.2. The minimum atomic E-state index is -4.82. The number of carbonyl (C=O) groups is 3. The Bertz CT molecular complexity index is 1730. The van der Waals surface area contributed by atoms with Crippen molar-refractivity contribution in [2.24, 2.45) is 5.92 Å².